The summed E-state index contributed by atoms with van der Waals surface area (Å²) in [6.07, 6.45) is 3.18. The van der Waals surface area contributed by atoms with Crippen LogP contribution in [0, 0.1) is 11.3 Å². The number of aromatic nitrogens is 3. The maximum atomic E-state index is 8.72. The largest absolute Gasteiger partial charge is 0.419 e. The van der Waals surface area contributed by atoms with Gasteiger partial charge in [0.2, 0.25) is 5.89 Å². The van der Waals surface area contributed by atoms with Crippen LogP contribution in [-0.2, 0) is 6.42 Å². The number of nitrogens with one attached hydrogen (secondary N) is 1. The first-order valence-electron chi connectivity index (χ1n) is 6.61. The molecule has 0 saturated carbocycles. The van der Waals surface area contributed by atoms with E-state index in [2.05, 4.69) is 34.3 Å². The van der Waals surface area contributed by atoms with E-state index in [0.29, 0.717) is 29.1 Å². The molecule has 0 aliphatic heterocycles. The molecule has 0 atom stereocenters. The minimum Gasteiger partial charge on any atom is -0.419 e. The van der Waals surface area contributed by atoms with Gasteiger partial charge in [-0.2, -0.15) is 5.26 Å². The van der Waals surface area contributed by atoms with E-state index in [9.17, 15) is 0 Å². The van der Waals surface area contributed by atoms with Crippen molar-refractivity contribution in [3.05, 3.63) is 29.8 Å². The van der Waals surface area contributed by atoms with Gasteiger partial charge in [-0.15, -0.1) is 10.2 Å². The van der Waals surface area contributed by atoms with E-state index in [1.807, 2.05) is 6.07 Å². The number of hydrogen-bond acceptors (Lipinski definition) is 6. The third-order valence-electron chi connectivity index (χ3n) is 2.70. The zero-order valence-electron chi connectivity index (χ0n) is 11.6. The second-order valence-corrected chi connectivity index (χ2v) is 4.76. The number of nitrogens with zero attached hydrogens (tertiary/aromatic N) is 4. The average Bonchev–Trinajstić information content (AvgIpc) is 2.92. The van der Waals surface area contributed by atoms with Gasteiger partial charge in [0.05, 0.1) is 5.56 Å². The zero-order valence-corrected chi connectivity index (χ0v) is 11.6. The number of hydrogen-bond donors (Lipinski definition) is 1. The molecule has 0 amide bonds. The van der Waals surface area contributed by atoms with Crippen molar-refractivity contribution in [1.82, 2.24) is 20.5 Å². The van der Waals surface area contributed by atoms with Crippen LogP contribution >= 0.6 is 0 Å². The predicted octanol–water partition coefficient (Wildman–Crippen LogP) is 1.93. The van der Waals surface area contributed by atoms with Gasteiger partial charge in [-0.1, -0.05) is 13.8 Å². The topological polar surface area (TPSA) is 87.6 Å². The number of nitriles is 1. The van der Waals surface area contributed by atoms with Crippen molar-refractivity contribution < 1.29 is 4.42 Å². The molecule has 0 aliphatic rings. The van der Waals surface area contributed by atoms with Gasteiger partial charge in [-0.05, 0) is 25.1 Å². The van der Waals surface area contributed by atoms with Gasteiger partial charge in [0, 0.05) is 18.7 Å². The van der Waals surface area contributed by atoms with Crippen molar-refractivity contribution >= 4 is 0 Å². The Kier molecular flexibility index (Phi) is 4.80. The van der Waals surface area contributed by atoms with Crippen LogP contribution in [-0.4, -0.2) is 27.8 Å². The lowest BCUT2D eigenvalue weighted by atomic mass is 10.3. The van der Waals surface area contributed by atoms with E-state index in [1.54, 1.807) is 12.1 Å². The van der Waals surface area contributed by atoms with Crippen molar-refractivity contribution in [3.8, 4) is 17.7 Å². The normalized spacial score (nSPS) is 10.7. The molecule has 104 valence electrons. The first-order chi connectivity index (χ1) is 9.69. The Morgan fingerprint density at radius 3 is 2.85 bits per heavy atom. The molecule has 20 heavy (non-hydrogen) atoms. The molecular weight excluding hydrogens is 254 g/mol. The highest BCUT2D eigenvalue weighted by molar-refractivity contribution is 5.47. The van der Waals surface area contributed by atoms with Crippen molar-refractivity contribution in [2.75, 3.05) is 6.54 Å². The monoisotopic (exact) mass is 271 g/mol. The van der Waals surface area contributed by atoms with Gasteiger partial charge < -0.3 is 9.73 Å². The van der Waals surface area contributed by atoms with E-state index >= 15 is 0 Å². The molecule has 2 heterocycles. The first kappa shape index (κ1) is 14.2. The molecule has 2 rings (SSSR count). The summed E-state index contributed by atoms with van der Waals surface area (Å²) in [4.78, 5) is 4.12. The third-order valence-corrected chi connectivity index (χ3v) is 2.70. The summed E-state index contributed by atoms with van der Waals surface area (Å²) in [5, 5.41) is 20.0. The van der Waals surface area contributed by atoms with Crippen LogP contribution in [0.2, 0.25) is 0 Å². The standard InChI is InChI=1S/C14H17N5O/c1-10(2)16-7-3-4-13-18-19-14(20-13)12-6-5-11(8-15)9-17-12/h5-6,9-10,16H,3-4,7H2,1-2H3. The van der Waals surface area contributed by atoms with Gasteiger partial charge in [-0.25, -0.2) is 4.98 Å². The summed E-state index contributed by atoms with van der Waals surface area (Å²) in [6, 6.07) is 5.88. The van der Waals surface area contributed by atoms with Gasteiger partial charge in [-0.3, -0.25) is 0 Å². The fourth-order valence-electron chi connectivity index (χ4n) is 1.68. The van der Waals surface area contributed by atoms with Crippen molar-refractivity contribution in [2.45, 2.75) is 32.7 Å². The molecule has 0 aliphatic carbocycles. The quantitative estimate of drug-likeness (QED) is 0.808. The lowest BCUT2D eigenvalue weighted by Crippen LogP contribution is -2.23. The summed E-state index contributed by atoms with van der Waals surface area (Å²) in [5.41, 5.74) is 1.09. The van der Waals surface area contributed by atoms with Gasteiger partial charge >= 0.3 is 0 Å². The van der Waals surface area contributed by atoms with Crippen molar-refractivity contribution in [3.63, 3.8) is 0 Å². The summed E-state index contributed by atoms with van der Waals surface area (Å²) in [7, 11) is 0. The Labute approximate surface area is 117 Å². The fourth-order valence-corrected chi connectivity index (χ4v) is 1.68. The highest BCUT2D eigenvalue weighted by Gasteiger charge is 2.09. The zero-order chi connectivity index (χ0) is 14.4. The van der Waals surface area contributed by atoms with Crippen LogP contribution < -0.4 is 5.32 Å². The van der Waals surface area contributed by atoms with Crippen LogP contribution in [0.3, 0.4) is 0 Å². The van der Waals surface area contributed by atoms with E-state index in [4.69, 9.17) is 9.68 Å². The molecule has 0 radical (unpaired) electrons. The van der Waals surface area contributed by atoms with Crippen LogP contribution in [0.4, 0.5) is 0 Å². The van der Waals surface area contributed by atoms with Gasteiger partial charge in [0.1, 0.15) is 11.8 Å². The molecule has 6 nitrogen and oxygen atoms in total. The molecule has 0 unspecified atom stereocenters. The van der Waals surface area contributed by atoms with E-state index in [-0.39, 0.29) is 0 Å². The highest BCUT2D eigenvalue weighted by Crippen LogP contribution is 2.15. The van der Waals surface area contributed by atoms with Gasteiger partial charge in [0.25, 0.3) is 5.89 Å². The molecular formula is C14H17N5O. The molecule has 1 N–H and O–H groups in total. The smallest absolute Gasteiger partial charge is 0.266 e. The molecule has 6 heteroatoms. The minimum absolute atomic E-state index is 0.390. The lowest BCUT2D eigenvalue weighted by Gasteiger charge is -2.05. The van der Waals surface area contributed by atoms with E-state index in [0.717, 1.165) is 19.4 Å². The Bertz CT molecular complexity index is 582. The summed E-state index contributed by atoms with van der Waals surface area (Å²) >= 11 is 0. The number of aryl methyl sites for hydroxylation is 1. The maximum absolute atomic E-state index is 8.72. The predicted molar refractivity (Wildman–Crippen MR) is 73.7 cm³/mol. The summed E-state index contributed by atoms with van der Waals surface area (Å²) < 4.78 is 5.55. The SMILES string of the molecule is CC(C)NCCCc1nnc(-c2ccc(C#N)cn2)o1. The molecule has 0 saturated heterocycles. The Balaban J connectivity index is 1.93. The van der Waals surface area contributed by atoms with Crippen LogP contribution in [0.1, 0.15) is 31.7 Å². The first-order valence-corrected chi connectivity index (χ1v) is 6.61. The van der Waals surface area contributed by atoms with Crippen LogP contribution in [0.5, 0.6) is 0 Å². The third kappa shape index (κ3) is 3.87. The van der Waals surface area contributed by atoms with Crippen LogP contribution in [0.25, 0.3) is 11.6 Å². The molecule has 0 fully saturated rings. The molecule has 0 bridgehead atoms. The molecule has 2 aromatic heterocycles. The van der Waals surface area contributed by atoms with Crippen molar-refractivity contribution in [2.24, 2.45) is 0 Å². The maximum Gasteiger partial charge on any atom is 0.266 e. The molecule has 0 spiro atoms. The lowest BCUT2D eigenvalue weighted by molar-refractivity contribution is 0.483. The number of pyridine rings is 1. The fraction of sp³-hybridized carbons (Fsp3) is 0.429. The number of rotatable bonds is 6. The Morgan fingerprint density at radius 2 is 2.20 bits per heavy atom. The minimum atomic E-state index is 0.390. The van der Waals surface area contributed by atoms with Crippen LogP contribution in [0.15, 0.2) is 22.7 Å². The Morgan fingerprint density at radius 1 is 1.35 bits per heavy atom. The summed E-state index contributed by atoms with van der Waals surface area (Å²) in [6.45, 7) is 5.15. The Hall–Kier alpha value is -2.26. The van der Waals surface area contributed by atoms with Crippen molar-refractivity contribution in [1.29, 1.82) is 5.26 Å². The second-order valence-electron chi connectivity index (χ2n) is 4.76. The molecule has 0 aromatic carbocycles. The van der Waals surface area contributed by atoms with Gasteiger partial charge in [0.15, 0.2) is 0 Å². The van der Waals surface area contributed by atoms with E-state index in [1.165, 1.54) is 6.20 Å². The second kappa shape index (κ2) is 6.78. The summed E-state index contributed by atoms with van der Waals surface area (Å²) in [5.74, 6) is 0.998. The highest BCUT2D eigenvalue weighted by atomic mass is 16.4. The average molecular weight is 271 g/mol. The molecule has 2 aromatic rings. The van der Waals surface area contributed by atoms with E-state index < -0.39 is 0 Å².